The highest BCUT2D eigenvalue weighted by atomic mass is 35.5. The van der Waals surface area contributed by atoms with Gasteiger partial charge in [-0.15, -0.1) is 0 Å². The van der Waals surface area contributed by atoms with Gasteiger partial charge in [0.15, 0.2) is 0 Å². The van der Waals surface area contributed by atoms with Crippen LogP contribution >= 0.6 is 23.2 Å². The van der Waals surface area contributed by atoms with Gasteiger partial charge in [0, 0.05) is 41.8 Å². The molecule has 5 nitrogen and oxygen atoms in total. The fourth-order valence-electron chi connectivity index (χ4n) is 3.57. The summed E-state index contributed by atoms with van der Waals surface area (Å²) in [6.45, 7) is 2.63. The number of nitrogens with zero attached hydrogens (tertiary/aromatic N) is 2. The zero-order valence-electron chi connectivity index (χ0n) is 16.6. The van der Waals surface area contributed by atoms with Crippen LogP contribution in [0.2, 0.25) is 10.0 Å². The first-order chi connectivity index (χ1) is 13.8. The second-order valence-electron chi connectivity index (χ2n) is 7.36. The number of halogens is 2. The predicted molar refractivity (Wildman–Crippen MR) is 117 cm³/mol. The molecular formula is C22H25Cl2N3O2. The highest BCUT2D eigenvalue weighted by Gasteiger charge is 2.32. The van der Waals surface area contributed by atoms with Gasteiger partial charge in [0.05, 0.1) is 6.04 Å². The largest absolute Gasteiger partial charge is 0.339 e. The molecule has 2 aromatic carbocycles. The van der Waals surface area contributed by atoms with Gasteiger partial charge in [-0.05, 0) is 61.7 Å². The first-order valence-electron chi connectivity index (χ1n) is 9.69. The molecule has 2 atom stereocenters. The Kier molecular flexibility index (Phi) is 7.04. The van der Waals surface area contributed by atoms with E-state index >= 15 is 0 Å². The number of urea groups is 1. The van der Waals surface area contributed by atoms with Crippen LogP contribution in [-0.4, -0.2) is 41.4 Å². The molecule has 154 valence electrons. The minimum atomic E-state index is -0.184. The fraction of sp³-hybridized carbons (Fsp3) is 0.364. The molecule has 2 unspecified atom stereocenters. The van der Waals surface area contributed by atoms with E-state index in [2.05, 4.69) is 5.32 Å². The number of benzene rings is 2. The molecule has 1 heterocycles. The quantitative estimate of drug-likeness (QED) is 0.666. The molecule has 0 saturated carbocycles. The van der Waals surface area contributed by atoms with E-state index in [0.717, 1.165) is 18.4 Å². The summed E-state index contributed by atoms with van der Waals surface area (Å²) in [5.74, 6) is 0.0173. The van der Waals surface area contributed by atoms with Crippen LogP contribution in [-0.2, 0) is 4.79 Å². The van der Waals surface area contributed by atoms with Crippen molar-refractivity contribution in [3.63, 3.8) is 0 Å². The Hall–Kier alpha value is -2.24. The number of hydrogen-bond acceptors (Lipinski definition) is 2. The number of carbonyl (C=O) groups excluding carboxylic acids is 2. The number of hydrogen-bond donors (Lipinski definition) is 1. The average molecular weight is 434 g/mol. The summed E-state index contributed by atoms with van der Waals surface area (Å²) in [5, 5.41) is 4.17. The van der Waals surface area contributed by atoms with Crippen LogP contribution in [0, 0.1) is 0 Å². The zero-order chi connectivity index (χ0) is 21.0. The van der Waals surface area contributed by atoms with E-state index in [4.69, 9.17) is 23.2 Å². The average Bonchev–Trinajstić information content (AvgIpc) is 3.17. The molecule has 1 aliphatic heterocycles. The second kappa shape index (κ2) is 9.51. The van der Waals surface area contributed by atoms with Gasteiger partial charge >= 0.3 is 6.03 Å². The number of amides is 3. The van der Waals surface area contributed by atoms with Crippen molar-refractivity contribution in [2.75, 3.05) is 18.9 Å². The minimum absolute atomic E-state index is 0.0173. The first kappa shape index (κ1) is 21.5. The van der Waals surface area contributed by atoms with Gasteiger partial charge in [0.25, 0.3) is 0 Å². The Balaban J connectivity index is 1.60. The molecule has 0 aliphatic carbocycles. The van der Waals surface area contributed by atoms with Crippen LogP contribution < -0.4 is 5.32 Å². The summed E-state index contributed by atoms with van der Waals surface area (Å²) >= 11 is 11.8. The Morgan fingerprint density at radius 3 is 2.31 bits per heavy atom. The van der Waals surface area contributed by atoms with Crippen molar-refractivity contribution < 1.29 is 9.59 Å². The summed E-state index contributed by atoms with van der Waals surface area (Å²) in [6, 6.07) is 14.1. The molecule has 0 radical (unpaired) electrons. The topological polar surface area (TPSA) is 52.7 Å². The number of likely N-dealkylation sites (tertiary alicyclic amines) is 1. The molecule has 3 amide bonds. The Bertz CT molecular complexity index is 855. The second-order valence-corrected chi connectivity index (χ2v) is 8.24. The van der Waals surface area contributed by atoms with Gasteiger partial charge in [0.2, 0.25) is 5.91 Å². The summed E-state index contributed by atoms with van der Waals surface area (Å²) in [6.07, 6.45) is 2.02. The SMILES string of the molecule is CC(c1ccc(Cl)cc1)N(C)C(=O)CC1CCCN1C(=O)Nc1ccc(Cl)cc1. The van der Waals surface area contributed by atoms with Crippen LogP contribution in [0.4, 0.5) is 10.5 Å². The molecule has 3 rings (SSSR count). The van der Waals surface area contributed by atoms with Gasteiger partial charge < -0.3 is 15.1 Å². The van der Waals surface area contributed by atoms with E-state index in [0.29, 0.717) is 28.7 Å². The number of carbonyl (C=O) groups is 2. The van der Waals surface area contributed by atoms with Crippen LogP contribution in [0.15, 0.2) is 48.5 Å². The molecule has 0 aromatic heterocycles. The van der Waals surface area contributed by atoms with Gasteiger partial charge in [-0.3, -0.25) is 4.79 Å². The van der Waals surface area contributed by atoms with E-state index in [9.17, 15) is 9.59 Å². The molecule has 0 bridgehead atoms. The maximum absolute atomic E-state index is 12.9. The molecule has 1 fully saturated rings. The van der Waals surface area contributed by atoms with Crippen molar-refractivity contribution in [3.05, 3.63) is 64.1 Å². The van der Waals surface area contributed by atoms with E-state index in [1.165, 1.54) is 0 Å². The lowest BCUT2D eigenvalue weighted by Crippen LogP contribution is -2.42. The summed E-state index contributed by atoms with van der Waals surface area (Å²) < 4.78 is 0. The van der Waals surface area contributed by atoms with E-state index in [1.54, 1.807) is 41.1 Å². The standard InChI is InChI=1S/C22H25Cl2N3O2/c1-15(16-5-7-17(23)8-6-16)26(2)21(28)14-20-4-3-13-27(20)22(29)25-19-11-9-18(24)10-12-19/h5-12,15,20H,3-4,13-14H2,1-2H3,(H,25,29). The van der Waals surface area contributed by atoms with Crippen molar-refractivity contribution in [2.45, 2.75) is 38.3 Å². The monoisotopic (exact) mass is 433 g/mol. The molecule has 2 aromatic rings. The van der Waals surface area contributed by atoms with Crippen LogP contribution in [0.5, 0.6) is 0 Å². The summed E-state index contributed by atoms with van der Waals surface area (Å²) in [5.41, 5.74) is 1.71. The van der Waals surface area contributed by atoms with Gasteiger partial charge in [0.1, 0.15) is 0 Å². The molecule has 1 saturated heterocycles. The van der Waals surface area contributed by atoms with E-state index in [-0.39, 0.29) is 24.0 Å². The third-order valence-corrected chi connectivity index (χ3v) is 5.97. The Morgan fingerprint density at radius 1 is 1.10 bits per heavy atom. The highest BCUT2D eigenvalue weighted by Crippen LogP contribution is 2.26. The van der Waals surface area contributed by atoms with Crippen molar-refractivity contribution in [3.8, 4) is 0 Å². The fourth-order valence-corrected chi connectivity index (χ4v) is 3.82. The molecule has 1 N–H and O–H groups in total. The van der Waals surface area contributed by atoms with Crippen molar-refractivity contribution in [1.82, 2.24) is 9.80 Å². The maximum atomic E-state index is 12.9. The van der Waals surface area contributed by atoms with Crippen LogP contribution in [0.25, 0.3) is 0 Å². The Labute approximate surface area is 181 Å². The van der Waals surface area contributed by atoms with Gasteiger partial charge in [-0.25, -0.2) is 4.79 Å². The first-order valence-corrected chi connectivity index (χ1v) is 10.4. The van der Waals surface area contributed by atoms with Crippen LogP contribution in [0.1, 0.15) is 37.8 Å². The lowest BCUT2D eigenvalue weighted by Gasteiger charge is -2.29. The lowest BCUT2D eigenvalue weighted by molar-refractivity contribution is -0.132. The molecule has 29 heavy (non-hydrogen) atoms. The smallest absolute Gasteiger partial charge is 0.322 e. The van der Waals surface area contributed by atoms with E-state index in [1.807, 2.05) is 31.2 Å². The third-order valence-electron chi connectivity index (χ3n) is 5.47. The zero-order valence-corrected chi connectivity index (χ0v) is 18.1. The van der Waals surface area contributed by atoms with Crippen molar-refractivity contribution in [2.24, 2.45) is 0 Å². The normalized spacial score (nSPS) is 17.1. The van der Waals surface area contributed by atoms with Crippen molar-refractivity contribution >= 4 is 40.8 Å². The van der Waals surface area contributed by atoms with Crippen LogP contribution in [0.3, 0.4) is 0 Å². The number of nitrogens with one attached hydrogen (secondary N) is 1. The molecular weight excluding hydrogens is 409 g/mol. The molecule has 1 aliphatic rings. The highest BCUT2D eigenvalue weighted by molar-refractivity contribution is 6.30. The number of rotatable bonds is 5. The minimum Gasteiger partial charge on any atom is -0.339 e. The van der Waals surface area contributed by atoms with Gasteiger partial charge in [-0.2, -0.15) is 0 Å². The lowest BCUT2D eigenvalue weighted by atomic mass is 10.1. The number of anilines is 1. The predicted octanol–water partition coefficient (Wildman–Crippen LogP) is 5.60. The maximum Gasteiger partial charge on any atom is 0.322 e. The Morgan fingerprint density at radius 2 is 1.69 bits per heavy atom. The van der Waals surface area contributed by atoms with E-state index < -0.39 is 0 Å². The summed E-state index contributed by atoms with van der Waals surface area (Å²) in [7, 11) is 1.80. The summed E-state index contributed by atoms with van der Waals surface area (Å²) in [4.78, 5) is 29.1. The van der Waals surface area contributed by atoms with Gasteiger partial charge in [-0.1, -0.05) is 35.3 Å². The third kappa shape index (κ3) is 5.43. The molecule has 0 spiro atoms. The molecule has 7 heteroatoms. The van der Waals surface area contributed by atoms with Crippen molar-refractivity contribution in [1.29, 1.82) is 0 Å².